The zero-order valence-corrected chi connectivity index (χ0v) is 24.9. The Morgan fingerprint density at radius 3 is 2.20 bits per heavy atom. The van der Waals surface area contributed by atoms with Crippen LogP contribution in [0.25, 0.3) is 0 Å². The number of H-pyrrole nitrogens is 1. The maximum absolute atomic E-state index is 14.1. The summed E-state index contributed by atoms with van der Waals surface area (Å²) in [4.78, 5) is 39.4. The Hall–Kier alpha value is -5.48. The van der Waals surface area contributed by atoms with Gasteiger partial charge in [0.25, 0.3) is 0 Å². The number of nitrogens with one attached hydrogen (secondary N) is 2. The van der Waals surface area contributed by atoms with Crippen LogP contribution in [0.4, 0.5) is 4.39 Å². The van der Waals surface area contributed by atoms with Crippen molar-refractivity contribution < 1.29 is 18.8 Å². The Morgan fingerprint density at radius 1 is 1.02 bits per heavy atom. The fraction of sp³-hybridized carbons (Fsp3) is 0.303. The molecular formula is C33H32FN9O3. The fourth-order valence-electron chi connectivity index (χ4n) is 6.89. The van der Waals surface area contributed by atoms with Crippen LogP contribution >= 0.6 is 0 Å². The van der Waals surface area contributed by atoms with Crippen LogP contribution in [-0.4, -0.2) is 62.4 Å². The van der Waals surface area contributed by atoms with E-state index < -0.39 is 35.1 Å². The van der Waals surface area contributed by atoms with Crippen LogP contribution in [0.5, 0.6) is 0 Å². The molecule has 1 aromatic heterocycles. The molecule has 6 N–H and O–H groups in total. The van der Waals surface area contributed by atoms with E-state index in [1.165, 1.54) is 12.1 Å². The molecule has 0 bridgehead atoms. The molecule has 3 aromatic carbocycles. The van der Waals surface area contributed by atoms with Gasteiger partial charge in [0.1, 0.15) is 11.9 Å². The number of aromatic nitrogens is 4. The van der Waals surface area contributed by atoms with Crippen molar-refractivity contribution in [1.29, 1.82) is 5.26 Å². The topological polar surface area (TPSA) is 197 Å². The number of halogens is 1. The Bertz CT molecular complexity index is 1770. The third-order valence-corrected chi connectivity index (χ3v) is 9.12. The second-order valence-electron chi connectivity index (χ2n) is 11.7. The molecule has 1 saturated heterocycles. The highest BCUT2D eigenvalue weighted by molar-refractivity contribution is 5.94. The molecule has 2 aliphatic rings. The predicted molar refractivity (Wildman–Crippen MR) is 163 cm³/mol. The van der Waals surface area contributed by atoms with Crippen molar-refractivity contribution in [3.8, 4) is 6.07 Å². The number of hydrogen-bond donors (Lipinski definition) is 4. The highest BCUT2D eigenvalue weighted by Crippen LogP contribution is 2.49. The Morgan fingerprint density at radius 2 is 1.65 bits per heavy atom. The average Bonchev–Trinajstić information content (AvgIpc) is 3.75. The number of carbonyl (C=O) groups excluding carboxylic acids is 3. The number of rotatable bonds is 9. The SMILES string of the molecule is N#C[C@@H]1CCCN1C(=O)CN[C@@H](CC1(c2nnn[nH]2)c2ccc(C(N)=O)cc2CCc2cc(C(N)=O)ccc21)c1ccc(F)cc1. The molecule has 1 aliphatic carbocycles. The van der Waals surface area contributed by atoms with Crippen LogP contribution in [0.15, 0.2) is 60.7 Å². The molecule has 0 saturated carbocycles. The lowest BCUT2D eigenvalue weighted by molar-refractivity contribution is -0.130. The van der Waals surface area contributed by atoms with Gasteiger partial charge in [-0.15, -0.1) is 5.10 Å². The van der Waals surface area contributed by atoms with Crippen molar-refractivity contribution in [1.82, 2.24) is 30.8 Å². The molecule has 234 valence electrons. The second kappa shape index (κ2) is 12.5. The van der Waals surface area contributed by atoms with Crippen molar-refractivity contribution >= 4 is 17.7 Å². The van der Waals surface area contributed by atoms with Crippen LogP contribution in [0.1, 0.15) is 79.7 Å². The first kappa shape index (κ1) is 30.5. The van der Waals surface area contributed by atoms with Gasteiger partial charge in [0.2, 0.25) is 17.7 Å². The minimum absolute atomic E-state index is 0.0775. The lowest BCUT2D eigenvalue weighted by atomic mass is 9.67. The first-order chi connectivity index (χ1) is 22.2. The molecule has 46 heavy (non-hydrogen) atoms. The smallest absolute Gasteiger partial charge is 0.248 e. The van der Waals surface area contributed by atoms with E-state index in [1.807, 2.05) is 12.1 Å². The summed E-state index contributed by atoms with van der Waals surface area (Å²) in [6.45, 7) is 0.421. The summed E-state index contributed by atoms with van der Waals surface area (Å²) in [5, 5.41) is 28.2. The number of likely N-dealkylation sites (tertiary alicyclic amines) is 1. The van der Waals surface area contributed by atoms with Gasteiger partial charge in [0.15, 0.2) is 5.82 Å². The summed E-state index contributed by atoms with van der Waals surface area (Å²) in [6, 6.07) is 17.7. The molecule has 0 unspecified atom stereocenters. The van der Waals surface area contributed by atoms with Gasteiger partial charge in [-0.3, -0.25) is 14.4 Å². The van der Waals surface area contributed by atoms with Crippen molar-refractivity contribution in [2.24, 2.45) is 11.5 Å². The summed E-state index contributed by atoms with van der Waals surface area (Å²) in [5.74, 6) is -1.39. The van der Waals surface area contributed by atoms with Crippen LogP contribution in [0.2, 0.25) is 0 Å². The first-order valence-electron chi connectivity index (χ1n) is 15.0. The molecule has 1 aliphatic heterocycles. The summed E-state index contributed by atoms with van der Waals surface area (Å²) in [5.41, 5.74) is 14.8. The number of amides is 3. The first-order valence-corrected chi connectivity index (χ1v) is 15.0. The minimum atomic E-state index is -1.12. The molecule has 13 heteroatoms. The third-order valence-electron chi connectivity index (χ3n) is 9.12. The van der Waals surface area contributed by atoms with Gasteiger partial charge in [-0.1, -0.05) is 24.3 Å². The van der Waals surface area contributed by atoms with E-state index >= 15 is 0 Å². The zero-order valence-electron chi connectivity index (χ0n) is 24.9. The molecule has 0 spiro atoms. The number of nitrogens with two attached hydrogens (primary N) is 2. The molecule has 2 atom stereocenters. The van der Waals surface area contributed by atoms with E-state index in [0.717, 1.165) is 28.7 Å². The van der Waals surface area contributed by atoms with Crippen molar-refractivity contribution in [2.45, 2.75) is 49.6 Å². The molecule has 12 nitrogen and oxygen atoms in total. The van der Waals surface area contributed by atoms with Crippen LogP contribution < -0.4 is 16.8 Å². The van der Waals surface area contributed by atoms with Gasteiger partial charge in [0.05, 0.1) is 18.0 Å². The highest BCUT2D eigenvalue weighted by atomic mass is 19.1. The molecule has 6 rings (SSSR count). The van der Waals surface area contributed by atoms with Gasteiger partial charge >= 0.3 is 0 Å². The monoisotopic (exact) mass is 621 g/mol. The van der Waals surface area contributed by atoms with Gasteiger partial charge in [0, 0.05) is 23.7 Å². The largest absolute Gasteiger partial charge is 0.366 e. The highest BCUT2D eigenvalue weighted by Gasteiger charge is 2.46. The number of aromatic amines is 1. The van der Waals surface area contributed by atoms with Gasteiger partial charge in [-0.25, -0.2) is 9.49 Å². The number of aryl methyl sites for hydroxylation is 2. The number of primary amides is 2. The van der Waals surface area contributed by atoms with E-state index in [0.29, 0.717) is 48.3 Å². The fourth-order valence-corrected chi connectivity index (χ4v) is 6.89. The lowest BCUT2D eigenvalue weighted by Crippen LogP contribution is -2.43. The number of carbonyl (C=O) groups is 3. The standard InChI is InChI=1S/C33H32FN9O3/c34-24-9-5-19(6-10-24)28(38-18-29(44)43-13-1-2-25(43)17-35)16-33(32-39-41-42-40-32)26-11-7-22(30(36)45)14-20(26)3-4-21-15-23(31(37)46)8-12-27(21)33/h5-12,14-15,25,28,38H,1-4,13,16,18H2,(H2,36,45)(H2,37,46)(H,39,40,41,42)/t25-,28-/m0/s1. The van der Waals surface area contributed by atoms with E-state index in [4.69, 9.17) is 11.5 Å². The van der Waals surface area contributed by atoms with Crippen LogP contribution in [0, 0.1) is 17.1 Å². The summed E-state index contributed by atoms with van der Waals surface area (Å²) in [6.07, 6.45) is 2.62. The maximum Gasteiger partial charge on any atom is 0.248 e. The van der Waals surface area contributed by atoms with Gasteiger partial charge in [-0.05, 0) is 107 Å². The normalized spacial score (nSPS) is 17.3. The summed E-state index contributed by atoms with van der Waals surface area (Å²) < 4.78 is 14.1. The van der Waals surface area contributed by atoms with E-state index in [1.54, 1.807) is 41.3 Å². The molecule has 2 heterocycles. The number of fused-ring (bicyclic) bond motifs is 2. The summed E-state index contributed by atoms with van der Waals surface area (Å²) in [7, 11) is 0. The lowest BCUT2D eigenvalue weighted by Gasteiger charge is -2.38. The van der Waals surface area contributed by atoms with Crippen molar-refractivity contribution in [3.63, 3.8) is 0 Å². The molecular weight excluding hydrogens is 589 g/mol. The van der Waals surface area contributed by atoms with Crippen LogP contribution in [-0.2, 0) is 23.1 Å². The Balaban J connectivity index is 1.53. The zero-order chi connectivity index (χ0) is 32.4. The summed E-state index contributed by atoms with van der Waals surface area (Å²) >= 11 is 0. The van der Waals surface area contributed by atoms with Crippen LogP contribution in [0.3, 0.4) is 0 Å². The molecule has 1 fully saturated rings. The second-order valence-corrected chi connectivity index (χ2v) is 11.7. The van der Waals surface area contributed by atoms with Gasteiger partial charge < -0.3 is 21.7 Å². The number of nitrogens with zero attached hydrogens (tertiary/aromatic N) is 5. The van der Waals surface area contributed by atoms with Gasteiger partial charge in [-0.2, -0.15) is 5.26 Å². The number of tetrazole rings is 1. The number of hydrogen-bond acceptors (Lipinski definition) is 8. The Labute approximate surface area is 264 Å². The third kappa shape index (κ3) is 5.59. The maximum atomic E-state index is 14.1. The quantitative estimate of drug-likeness (QED) is 0.218. The van der Waals surface area contributed by atoms with Crippen molar-refractivity contribution in [2.75, 3.05) is 13.1 Å². The Kier molecular flexibility index (Phi) is 8.29. The van der Waals surface area contributed by atoms with E-state index in [-0.39, 0.29) is 18.9 Å². The average molecular weight is 622 g/mol. The molecule has 0 radical (unpaired) electrons. The molecule has 4 aromatic rings. The predicted octanol–water partition coefficient (Wildman–Crippen LogP) is 2.21. The minimum Gasteiger partial charge on any atom is -0.366 e. The van der Waals surface area contributed by atoms with Crippen molar-refractivity contribution in [3.05, 3.63) is 111 Å². The molecule has 3 amide bonds. The van der Waals surface area contributed by atoms with E-state index in [9.17, 15) is 24.0 Å². The van der Waals surface area contributed by atoms with E-state index in [2.05, 4.69) is 32.0 Å². The number of nitriles is 1. The number of benzene rings is 3.